The van der Waals surface area contributed by atoms with Crippen molar-refractivity contribution >= 4 is 0 Å². The molecule has 0 fully saturated rings. The monoisotopic (exact) mass is 281 g/mol. The molecule has 0 N–H and O–H groups in total. The smallest absolute Gasteiger partial charge is 1.00 e. The van der Waals surface area contributed by atoms with Gasteiger partial charge < -0.3 is 24.8 Å². The van der Waals surface area contributed by atoms with E-state index in [1.54, 1.807) is 0 Å². The Hall–Kier alpha value is 0.813. The van der Waals surface area contributed by atoms with Gasteiger partial charge in [0.15, 0.2) is 0 Å². The fourth-order valence-electron chi connectivity index (χ4n) is 1.13. The Morgan fingerprint density at radius 1 is 1.08 bits per heavy atom. The van der Waals surface area contributed by atoms with Crippen molar-refractivity contribution < 1.29 is 51.0 Å². The molecule has 0 aliphatic carbocycles. The van der Waals surface area contributed by atoms with E-state index in [0.717, 1.165) is 0 Å². The van der Waals surface area contributed by atoms with Gasteiger partial charge in [0.2, 0.25) is 0 Å². The summed E-state index contributed by atoms with van der Waals surface area (Å²) in [5, 5.41) is 0. The number of halogens is 2. The molecule has 0 nitrogen and oxygen atoms in total. The van der Waals surface area contributed by atoms with E-state index < -0.39 is 0 Å². The summed E-state index contributed by atoms with van der Waals surface area (Å²) in [6.45, 7) is 8.68. The van der Waals surface area contributed by atoms with E-state index in [-0.39, 0.29) is 51.0 Å². The third kappa shape index (κ3) is 3.68. The predicted molar refractivity (Wildman–Crippen MR) is 41.0 cm³/mol. The molecule has 0 saturated carbocycles. The van der Waals surface area contributed by atoms with Crippen molar-refractivity contribution in [3.8, 4) is 0 Å². The third-order valence-corrected chi connectivity index (χ3v) is 2.18. The van der Waals surface area contributed by atoms with Crippen LogP contribution in [0.15, 0.2) is 6.07 Å². The standard InChI is InChI=1S/C9H13.2ClH.Zr/c1-6-5-7(2)9(4)8(6)3;;;/h5H,1-4H3;2*1H;/q-1;;;+3/p-2. The zero-order valence-electron chi connectivity index (χ0n) is 7.83. The van der Waals surface area contributed by atoms with Crippen LogP contribution in [0.1, 0.15) is 22.3 Å². The summed E-state index contributed by atoms with van der Waals surface area (Å²) in [6.07, 6.45) is 0. The van der Waals surface area contributed by atoms with Crippen molar-refractivity contribution in [3.63, 3.8) is 0 Å². The molecule has 0 heterocycles. The van der Waals surface area contributed by atoms with Crippen molar-refractivity contribution in [2.75, 3.05) is 0 Å². The summed E-state index contributed by atoms with van der Waals surface area (Å²) in [4.78, 5) is 0. The van der Waals surface area contributed by atoms with Gasteiger partial charge in [-0.05, 0) is 0 Å². The van der Waals surface area contributed by atoms with Crippen LogP contribution in [0.4, 0.5) is 0 Å². The number of hydrogen-bond acceptors (Lipinski definition) is 0. The summed E-state index contributed by atoms with van der Waals surface area (Å²) in [5.74, 6) is 0. The molecule has 0 aliphatic heterocycles. The maximum absolute atomic E-state index is 2.24. The van der Waals surface area contributed by atoms with Gasteiger partial charge in [0.25, 0.3) is 0 Å². The Kier molecular flexibility index (Phi) is 11.2. The van der Waals surface area contributed by atoms with Gasteiger partial charge in [-0.1, -0.05) is 27.7 Å². The predicted octanol–water partition coefficient (Wildman–Crippen LogP) is -3.36. The van der Waals surface area contributed by atoms with E-state index in [2.05, 4.69) is 33.8 Å². The second-order valence-electron chi connectivity index (χ2n) is 2.76. The summed E-state index contributed by atoms with van der Waals surface area (Å²) in [6, 6.07) is 2.24. The van der Waals surface area contributed by atoms with E-state index >= 15 is 0 Å². The minimum absolute atomic E-state index is 0. The van der Waals surface area contributed by atoms with Crippen LogP contribution in [0.25, 0.3) is 0 Å². The molecule has 1 radical (unpaired) electrons. The molecule has 67 valence electrons. The third-order valence-electron chi connectivity index (χ3n) is 2.18. The van der Waals surface area contributed by atoms with Gasteiger partial charge >= 0.3 is 26.2 Å². The molecule has 1 rings (SSSR count). The van der Waals surface area contributed by atoms with Crippen molar-refractivity contribution in [2.24, 2.45) is 0 Å². The van der Waals surface area contributed by atoms with E-state index in [0.29, 0.717) is 0 Å². The summed E-state index contributed by atoms with van der Waals surface area (Å²) >= 11 is 0. The van der Waals surface area contributed by atoms with Gasteiger partial charge in [-0.2, -0.15) is 28.3 Å². The normalized spacial score (nSPS) is 7.67. The Bertz CT molecular complexity index is 206. The van der Waals surface area contributed by atoms with Crippen LogP contribution in [0.3, 0.4) is 0 Å². The van der Waals surface area contributed by atoms with Gasteiger partial charge in [0.05, 0.1) is 0 Å². The van der Waals surface area contributed by atoms with Crippen LogP contribution in [-0.4, -0.2) is 0 Å². The van der Waals surface area contributed by atoms with Crippen molar-refractivity contribution in [1.82, 2.24) is 0 Å². The molecule has 0 unspecified atom stereocenters. The molecule has 0 amide bonds. The minimum Gasteiger partial charge on any atom is -1.00 e. The average Bonchev–Trinajstić information content (AvgIpc) is 1.98. The van der Waals surface area contributed by atoms with Crippen LogP contribution in [0, 0.1) is 27.7 Å². The molecular formula is C9H13Cl2Zr. The second kappa shape index (κ2) is 7.24. The van der Waals surface area contributed by atoms with Crippen LogP contribution in [-0.2, 0) is 26.2 Å². The maximum atomic E-state index is 2.24. The quantitative estimate of drug-likeness (QED) is 0.437. The molecule has 12 heavy (non-hydrogen) atoms. The maximum Gasteiger partial charge on any atom is 3.00 e. The van der Waals surface area contributed by atoms with E-state index in [1.807, 2.05) is 0 Å². The van der Waals surface area contributed by atoms with Crippen LogP contribution < -0.4 is 24.8 Å². The topological polar surface area (TPSA) is 0 Å². The molecule has 0 atom stereocenters. The Morgan fingerprint density at radius 2 is 1.50 bits per heavy atom. The molecule has 0 spiro atoms. The number of aryl methyl sites for hydroxylation is 2. The zero-order valence-corrected chi connectivity index (χ0v) is 11.8. The SMILES string of the molecule is Cc1c[c-](C)c(C)c1C.[Cl-].[Cl-].[Zr+3]. The van der Waals surface area contributed by atoms with Gasteiger partial charge in [-0.25, -0.2) is 0 Å². The van der Waals surface area contributed by atoms with Crippen LogP contribution in [0.5, 0.6) is 0 Å². The van der Waals surface area contributed by atoms with Crippen molar-refractivity contribution in [3.05, 3.63) is 28.3 Å². The fourth-order valence-corrected chi connectivity index (χ4v) is 1.13. The van der Waals surface area contributed by atoms with E-state index in [4.69, 9.17) is 0 Å². The molecule has 0 aromatic heterocycles. The van der Waals surface area contributed by atoms with Gasteiger partial charge in [0, 0.05) is 0 Å². The summed E-state index contributed by atoms with van der Waals surface area (Å²) in [5.41, 5.74) is 5.75. The molecular weight excluding hydrogens is 270 g/mol. The van der Waals surface area contributed by atoms with E-state index in [1.165, 1.54) is 22.3 Å². The second-order valence-corrected chi connectivity index (χ2v) is 2.76. The Balaban J connectivity index is -0.000000270. The first-order valence-corrected chi connectivity index (χ1v) is 3.33. The first-order valence-electron chi connectivity index (χ1n) is 3.33. The number of hydrogen-bond donors (Lipinski definition) is 0. The molecule has 3 heteroatoms. The minimum atomic E-state index is 0. The Labute approximate surface area is 106 Å². The first kappa shape index (κ1) is 18.6. The molecule has 0 saturated heterocycles. The molecule has 0 bridgehead atoms. The van der Waals surface area contributed by atoms with E-state index in [9.17, 15) is 0 Å². The summed E-state index contributed by atoms with van der Waals surface area (Å²) in [7, 11) is 0. The van der Waals surface area contributed by atoms with Crippen LogP contribution in [0.2, 0.25) is 0 Å². The fraction of sp³-hybridized carbons (Fsp3) is 0.444. The summed E-state index contributed by atoms with van der Waals surface area (Å²) < 4.78 is 0. The average molecular weight is 283 g/mol. The molecule has 0 aliphatic rings. The Morgan fingerprint density at radius 3 is 1.58 bits per heavy atom. The van der Waals surface area contributed by atoms with Crippen molar-refractivity contribution in [2.45, 2.75) is 27.7 Å². The molecule has 1 aromatic rings. The van der Waals surface area contributed by atoms with Crippen molar-refractivity contribution in [1.29, 1.82) is 0 Å². The largest absolute Gasteiger partial charge is 3.00 e. The molecule has 1 aromatic carbocycles. The van der Waals surface area contributed by atoms with Crippen LogP contribution >= 0.6 is 0 Å². The van der Waals surface area contributed by atoms with Gasteiger partial charge in [-0.15, -0.1) is 0 Å². The van der Waals surface area contributed by atoms with Gasteiger partial charge in [-0.3, -0.25) is 0 Å². The number of rotatable bonds is 0. The zero-order chi connectivity index (χ0) is 7.02. The first-order chi connectivity index (χ1) is 4.13. The van der Waals surface area contributed by atoms with Gasteiger partial charge in [0.1, 0.15) is 0 Å².